The van der Waals surface area contributed by atoms with Gasteiger partial charge < -0.3 is 14.8 Å². The van der Waals surface area contributed by atoms with E-state index in [0.717, 1.165) is 5.56 Å². The van der Waals surface area contributed by atoms with Crippen LogP contribution in [0, 0.1) is 0 Å². The van der Waals surface area contributed by atoms with Gasteiger partial charge in [-0.05, 0) is 35.9 Å². The van der Waals surface area contributed by atoms with E-state index in [1.54, 1.807) is 19.2 Å². The summed E-state index contributed by atoms with van der Waals surface area (Å²) in [5, 5.41) is 2.99. The van der Waals surface area contributed by atoms with Gasteiger partial charge in [0.05, 0.1) is 31.2 Å². The first-order chi connectivity index (χ1) is 11.0. The molecule has 0 bridgehead atoms. The lowest BCUT2D eigenvalue weighted by Gasteiger charge is -2.09. The fraction of sp³-hybridized carbons (Fsp3) is 0.176. The number of nitrogens with one attached hydrogen (secondary N) is 1. The predicted molar refractivity (Wildman–Crippen MR) is 88.1 cm³/mol. The van der Waals surface area contributed by atoms with Crippen LogP contribution in [0.4, 0.5) is 5.69 Å². The van der Waals surface area contributed by atoms with E-state index in [0.29, 0.717) is 11.4 Å². The predicted octanol–water partition coefficient (Wildman–Crippen LogP) is 3.32. The number of methoxy groups -OCH3 is 2. The van der Waals surface area contributed by atoms with Crippen LogP contribution in [-0.2, 0) is 16.0 Å². The van der Waals surface area contributed by atoms with E-state index in [4.69, 9.17) is 16.3 Å². The number of esters is 1. The highest BCUT2D eigenvalue weighted by Gasteiger charge is 2.13. The minimum absolute atomic E-state index is 0.188. The van der Waals surface area contributed by atoms with Gasteiger partial charge in [0.1, 0.15) is 5.75 Å². The molecule has 2 aromatic carbocycles. The van der Waals surface area contributed by atoms with Gasteiger partial charge in [-0.15, -0.1) is 0 Å². The second-order valence-corrected chi connectivity index (χ2v) is 5.17. The lowest BCUT2D eigenvalue weighted by molar-refractivity contribution is -0.115. The Bertz CT molecular complexity index is 730. The first-order valence-corrected chi connectivity index (χ1v) is 7.22. The van der Waals surface area contributed by atoms with Gasteiger partial charge in [0.2, 0.25) is 5.91 Å². The Morgan fingerprint density at radius 3 is 2.61 bits per heavy atom. The summed E-state index contributed by atoms with van der Waals surface area (Å²) < 4.78 is 9.77. The molecule has 0 fully saturated rings. The molecule has 1 amide bonds. The van der Waals surface area contributed by atoms with E-state index in [1.807, 2.05) is 18.2 Å². The topological polar surface area (TPSA) is 64.6 Å². The maximum atomic E-state index is 12.1. The lowest BCUT2D eigenvalue weighted by atomic mass is 10.1. The number of anilines is 1. The maximum absolute atomic E-state index is 12.1. The van der Waals surface area contributed by atoms with Crippen LogP contribution in [0.25, 0.3) is 0 Å². The molecule has 0 radical (unpaired) electrons. The van der Waals surface area contributed by atoms with E-state index < -0.39 is 5.97 Å². The van der Waals surface area contributed by atoms with Crippen molar-refractivity contribution >= 4 is 29.2 Å². The molecule has 5 nitrogen and oxygen atoms in total. The second-order valence-electron chi connectivity index (χ2n) is 4.76. The van der Waals surface area contributed by atoms with Gasteiger partial charge >= 0.3 is 5.97 Å². The number of carbonyl (C=O) groups excluding carboxylic acids is 2. The highest BCUT2D eigenvalue weighted by atomic mass is 35.5. The Morgan fingerprint density at radius 2 is 1.91 bits per heavy atom. The largest absolute Gasteiger partial charge is 0.497 e. The zero-order valence-electron chi connectivity index (χ0n) is 12.8. The molecule has 0 aromatic heterocycles. The summed E-state index contributed by atoms with van der Waals surface area (Å²) in [5.41, 5.74) is 1.50. The maximum Gasteiger partial charge on any atom is 0.339 e. The molecule has 0 aliphatic rings. The number of halogens is 1. The summed E-state index contributed by atoms with van der Waals surface area (Å²) in [4.78, 5) is 23.7. The summed E-state index contributed by atoms with van der Waals surface area (Å²) in [6.45, 7) is 0. The van der Waals surface area contributed by atoms with Crippen molar-refractivity contribution in [3.8, 4) is 5.75 Å². The Morgan fingerprint density at radius 1 is 1.13 bits per heavy atom. The van der Waals surface area contributed by atoms with Crippen LogP contribution >= 0.6 is 11.6 Å². The van der Waals surface area contributed by atoms with Gasteiger partial charge in [-0.2, -0.15) is 0 Å². The summed E-state index contributed by atoms with van der Waals surface area (Å²) in [7, 11) is 2.84. The van der Waals surface area contributed by atoms with Gasteiger partial charge in [0.25, 0.3) is 0 Å². The van der Waals surface area contributed by atoms with Gasteiger partial charge in [-0.1, -0.05) is 23.7 Å². The number of rotatable bonds is 5. The van der Waals surface area contributed by atoms with Crippen LogP contribution in [0.15, 0.2) is 42.5 Å². The molecular formula is C17H16ClNO4. The Labute approximate surface area is 139 Å². The lowest BCUT2D eigenvalue weighted by Crippen LogP contribution is -2.15. The Hall–Kier alpha value is -2.53. The van der Waals surface area contributed by atoms with Crippen LogP contribution < -0.4 is 10.1 Å². The number of benzene rings is 2. The van der Waals surface area contributed by atoms with Gasteiger partial charge in [0.15, 0.2) is 0 Å². The average Bonchev–Trinajstić information content (AvgIpc) is 2.56. The molecular weight excluding hydrogens is 318 g/mol. The van der Waals surface area contributed by atoms with Crippen molar-refractivity contribution in [2.24, 2.45) is 0 Å². The minimum atomic E-state index is -0.557. The van der Waals surface area contributed by atoms with Crippen LogP contribution in [-0.4, -0.2) is 26.1 Å². The number of ether oxygens (including phenoxy) is 2. The first kappa shape index (κ1) is 16.8. The normalized spacial score (nSPS) is 10.0. The van der Waals surface area contributed by atoms with Gasteiger partial charge in [-0.25, -0.2) is 4.79 Å². The molecule has 0 heterocycles. The SMILES string of the molecule is COC(=O)c1cc(NC(=O)Cc2cccc(OC)c2)ccc1Cl. The van der Waals surface area contributed by atoms with E-state index in [1.165, 1.54) is 19.2 Å². The quantitative estimate of drug-likeness (QED) is 0.852. The number of amides is 1. The molecule has 0 aliphatic heterocycles. The summed E-state index contributed by atoms with van der Waals surface area (Å²) in [5.74, 6) is -0.0787. The zero-order valence-corrected chi connectivity index (χ0v) is 13.5. The molecule has 1 N–H and O–H groups in total. The minimum Gasteiger partial charge on any atom is -0.497 e. The third-order valence-corrected chi connectivity index (χ3v) is 3.48. The second kappa shape index (κ2) is 7.65. The molecule has 2 aromatic rings. The summed E-state index contributed by atoms with van der Waals surface area (Å²) >= 11 is 5.94. The highest BCUT2D eigenvalue weighted by molar-refractivity contribution is 6.33. The molecule has 2 rings (SSSR count). The monoisotopic (exact) mass is 333 g/mol. The number of hydrogen-bond acceptors (Lipinski definition) is 4. The van der Waals surface area contributed by atoms with Crippen LogP contribution in [0.2, 0.25) is 5.02 Å². The van der Waals surface area contributed by atoms with Crippen molar-refractivity contribution in [3.05, 3.63) is 58.6 Å². The molecule has 0 spiro atoms. The third-order valence-electron chi connectivity index (χ3n) is 3.15. The van der Waals surface area contributed by atoms with Crippen molar-refractivity contribution in [1.82, 2.24) is 0 Å². The molecule has 0 aliphatic carbocycles. The number of carbonyl (C=O) groups is 2. The van der Waals surface area contributed by atoms with Crippen LogP contribution in [0.1, 0.15) is 15.9 Å². The molecule has 0 atom stereocenters. The van der Waals surface area contributed by atoms with E-state index in [-0.39, 0.29) is 22.9 Å². The van der Waals surface area contributed by atoms with E-state index >= 15 is 0 Å². The van der Waals surface area contributed by atoms with E-state index in [9.17, 15) is 9.59 Å². The van der Waals surface area contributed by atoms with Crippen molar-refractivity contribution in [3.63, 3.8) is 0 Å². The van der Waals surface area contributed by atoms with Crippen molar-refractivity contribution in [2.75, 3.05) is 19.5 Å². The molecule has 6 heteroatoms. The summed E-state index contributed by atoms with van der Waals surface area (Å²) in [6, 6.07) is 11.9. The fourth-order valence-electron chi connectivity index (χ4n) is 2.04. The molecule has 0 unspecified atom stereocenters. The van der Waals surface area contributed by atoms with Crippen LogP contribution in [0.5, 0.6) is 5.75 Å². The van der Waals surface area contributed by atoms with Gasteiger partial charge in [-0.3, -0.25) is 4.79 Å². The molecule has 0 saturated carbocycles. The van der Waals surface area contributed by atoms with Crippen LogP contribution in [0.3, 0.4) is 0 Å². The summed E-state index contributed by atoms with van der Waals surface area (Å²) in [6.07, 6.45) is 0.188. The smallest absolute Gasteiger partial charge is 0.339 e. The standard InChI is InChI=1S/C17H16ClNO4/c1-22-13-5-3-4-11(8-13)9-16(20)19-12-6-7-15(18)14(10-12)17(21)23-2/h3-8,10H,9H2,1-2H3,(H,19,20). The van der Waals surface area contributed by atoms with Gasteiger partial charge in [0, 0.05) is 5.69 Å². The third kappa shape index (κ3) is 4.47. The molecule has 23 heavy (non-hydrogen) atoms. The first-order valence-electron chi connectivity index (χ1n) is 6.84. The van der Waals surface area contributed by atoms with Crippen molar-refractivity contribution < 1.29 is 19.1 Å². The molecule has 0 saturated heterocycles. The zero-order chi connectivity index (χ0) is 16.8. The number of hydrogen-bond donors (Lipinski definition) is 1. The Kier molecular flexibility index (Phi) is 5.60. The molecule has 120 valence electrons. The highest BCUT2D eigenvalue weighted by Crippen LogP contribution is 2.22. The Balaban J connectivity index is 2.09. The van der Waals surface area contributed by atoms with Crippen molar-refractivity contribution in [1.29, 1.82) is 0 Å². The average molecular weight is 334 g/mol. The van der Waals surface area contributed by atoms with Crippen molar-refractivity contribution in [2.45, 2.75) is 6.42 Å². The van der Waals surface area contributed by atoms with E-state index in [2.05, 4.69) is 10.1 Å². The fourth-order valence-corrected chi connectivity index (χ4v) is 2.24.